The summed E-state index contributed by atoms with van der Waals surface area (Å²) in [5.41, 5.74) is 0. The second kappa shape index (κ2) is 12.7. The second-order valence-corrected chi connectivity index (χ2v) is 11.6. The minimum Gasteiger partial charge on any atom is -0.394 e. The number of aliphatic hydroxyl groups is 12. The van der Waals surface area contributed by atoms with E-state index in [2.05, 4.69) is 0 Å². The van der Waals surface area contributed by atoms with Gasteiger partial charge in [-0.1, -0.05) is 0 Å². The van der Waals surface area contributed by atoms with Gasteiger partial charge in [0.2, 0.25) is 23.1 Å². The molecular formula is C24H40O20. The lowest BCUT2D eigenvalue weighted by Crippen LogP contribution is -2.63. The van der Waals surface area contributed by atoms with Crippen LogP contribution in [0.15, 0.2) is 0 Å². The van der Waals surface area contributed by atoms with E-state index in [0.29, 0.717) is 0 Å². The molecule has 256 valence electrons. The fourth-order valence-electron chi connectivity index (χ4n) is 6.08. The zero-order valence-corrected chi connectivity index (χ0v) is 23.2. The first-order valence-corrected chi connectivity index (χ1v) is 13.9. The Labute approximate surface area is 249 Å². The van der Waals surface area contributed by atoms with E-state index in [1.807, 2.05) is 0 Å². The van der Waals surface area contributed by atoms with Crippen molar-refractivity contribution >= 4 is 0 Å². The molecule has 0 aromatic carbocycles. The quantitative estimate of drug-likeness (QED) is 0.135. The van der Waals surface area contributed by atoms with Gasteiger partial charge in [-0.05, 0) is 0 Å². The molecule has 6 aliphatic rings. The summed E-state index contributed by atoms with van der Waals surface area (Å²) in [4.78, 5) is 0. The third-order valence-electron chi connectivity index (χ3n) is 8.66. The van der Waals surface area contributed by atoms with E-state index < -0.39 is 136 Å². The summed E-state index contributed by atoms with van der Waals surface area (Å²) in [5.74, 6) is -7.92. The molecule has 0 amide bonds. The fraction of sp³-hybridized carbons (Fsp3) is 1.00. The smallest absolute Gasteiger partial charge is 0.224 e. The number of aliphatic hydroxyl groups excluding tert-OH is 10. The van der Waals surface area contributed by atoms with Crippen LogP contribution in [0.25, 0.3) is 0 Å². The Balaban J connectivity index is 0.000000175. The van der Waals surface area contributed by atoms with Crippen LogP contribution in [0.1, 0.15) is 0 Å². The second-order valence-electron chi connectivity index (χ2n) is 11.6. The zero-order valence-electron chi connectivity index (χ0n) is 23.2. The van der Waals surface area contributed by atoms with E-state index >= 15 is 0 Å². The molecule has 6 heterocycles. The molecule has 20 heteroatoms. The molecule has 6 saturated heterocycles. The van der Waals surface area contributed by atoms with E-state index in [0.717, 1.165) is 0 Å². The van der Waals surface area contributed by atoms with E-state index in [9.17, 15) is 40.9 Å². The van der Waals surface area contributed by atoms with Gasteiger partial charge in [-0.15, -0.1) is 0 Å². The Morgan fingerprint density at radius 3 is 1.07 bits per heavy atom. The van der Waals surface area contributed by atoms with Crippen molar-refractivity contribution in [2.75, 3.05) is 52.9 Å². The van der Waals surface area contributed by atoms with Crippen LogP contribution in [0, 0.1) is 0 Å². The first-order chi connectivity index (χ1) is 20.7. The third kappa shape index (κ3) is 5.58. The molecule has 16 atom stereocenters. The maximum atomic E-state index is 10.4. The van der Waals surface area contributed by atoms with Crippen LogP contribution in [0.4, 0.5) is 0 Å². The van der Waals surface area contributed by atoms with Gasteiger partial charge in [-0.25, -0.2) is 0 Å². The van der Waals surface area contributed by atoms with Gasteiger partial charge in [0, 0.05) is 0 Å². The molecule has 20 nitrogen and oxygen atoms in total. The first-order valence-electron chi connectivity index (χ1n) is 13.9. The normalized spacial score (nSPS) is 55.4. The summed E-state index contributed by atoms with van der Waals surface area (Å²) in [7, 11) is 0. The molecule has 44 heavy (non-hydrogen) atoms. The molecule has 0 aromatic heterocycles. The van der Waals surface area contributed by atoms with Gasteiger partial charge in [0.05, 0.1) is 26.4 Å². The number of ether oxygens (including phenoxy) is 8. The molecule has 6 fully saturated rings. The lowest BCUT2D eigenvalue weighted by atomic mass is 9.97. The molecule has 6 rings (SSSR count). The molecule has 0 saturated carbocycles. The topological polar surface area (TPSA) is 317 Å². The largest absolute Gasteiger partial charge is 0.394 e. The minimum atomic E-state index is -2.05. The highest BCUT2D eigenvalue weighted by Crippen LogP contribution is 2.46. The molecule has 0 bridgehead atoms. The molecule has 12 N–H and O–H groups in total. The molecule has 0 unspecified atom stereocenters. The van der Waals surface area contributed by atoms with Crippen molar-refractivity contribution in [1.29, 1.82) is 0 Å². The molecular weight excluding hydrogens is 608 g/mol. The van der Waals surface area contributed by atoms with Gasteiger partial charge in [0.15, 0.2) is 0 Å². The Hall–Kier alpha value is -0.800. The van der Waals surface area contributed by atoms with Crippen molar-refractivity contribution in [3.8, 4) is 0 Å². The average Bonchev–Trinajstić information content (AvgIpc) is 3.49. The van der Waals surface area contributed by atoms with E-state index in [4.69, 9.17) is 58.3 Å². The maximum Gasteiger partial charge on any atom is 0.224 e. The zero-order chi connectivity index (χ0) is 32.2. The SMILES string of the molecule is OC[C@H]1OC[C@@]2(O[C@H]3[C@H](O)[C@@H](CO)OC[C@@]3(O)O2)[C@@H](O)[C@@H]1O.OC[C@H]1OC[C@]2(O[C@H]3[C@H](O)[C@@H](CO)OC[C@@]3(O)O2)[C@@H](O)[C@@H]1O. The standard InChI is InChI=1S/2C12H20O10/c2*13-1-5-7(15)9(17)12(4-20-5)21-10-8(16)6(2-14)19-3-11(10,18)22-12/h2*5-10,13-18H,1-4H2/t5-,6-,7-,8-,9+,10+,11-,12+;5-,6-,7-,8-,9+,10+,11-,12-/m11/s1. The van der Waals surface area contributed by atoms with Crippen LogP contribution in [0.2, 0.25) is 0 Å². The van der Waals surface area contributed by atoms with Gasteiger partial charge in [0.25, 0.3) is 0 Å². The summed E-state index contributed by atoms with van der Waals surface area (Å²) >= 11 is 0. The lowest BCUT2D eigenvalue weighted by molar-refractivity contribution is -0.349. The lowest BCUT2D eigenvalue weighted by Gasteiger charge is -2.42. The Morgan fingerprint density at radius 2 is 0.750 bits per heavy atom. The van der Waals surface area contributed by atoms with Crippen LogP contribution in [-0.2, 0) is 37.9 Å². The molecule has 0 aromatic rings. The van der Waals surface area contributed by atoms with Crippen molar-refractivity contribution in [1.82, 2.24) is 0 Å². The number of fused-ring (bicyclic) bond motifs is 2. The monoisotopic (exact) mass is 648 g/mol. The Bertz CT molecular complexity index is 917. The van der Waals surface area contributed by atoms with Crippen molar-refractivity contribution in [3.63, 3.8) is 0 Å². The maximum absolute atomic E-state index is 10.4. The van der Waals surface area contributed by atoms with Gasteiger partial charge in [0.1, 0.15) is 99.7 Å². The minimum absolute atomic E-state index is 0.369. The number of rotatable bonds is 4. The summed E-state index contributed by atoms with van der Waals surface area (Å²) < 4.78 is 42.3. The van der Waals surface area contributed by atoms with Crippen molar-refractivity contribution in [2.24, 2.45) is 0 Å². The highest BCUT2D eigenvalue weighted by molar-refractivity contribution is 5.07. The van der Waals surface area contributed by atoms with E-state index in [1.165, 1.54) is 0 Å². The van der Waals surface area contributed by atoms with Gasteiger partial charge in [-0.2, -0.15) is 0 Å². The first kappa shape index (κ1) is 34.5. The van der Waals surface area contributed by atoms with Crippen molar-refractivity contribution in [3.05, 3.63) is 0 Å². The predicted octanol–water partition coefficient (Wildman–Crippen LogP) is -8.70. The third-order valence-corrected chi connectivity index (χ3v) is 8.66. The van der Waals surface area contributed by atoms with Gasteiger partial charge in [-0.3, -0.25) is 0 Å². The van der Waals surface area contributed by atoms with Gasteiger partial charge >= 0.3 is 0 Å². The number of hydrogen-bond acceptors (Lipinski definition) is 20. The van der Waals surface area contributed by atoms with Crippen LogP contribution in [0.5, 0.6) is 0 Å². The van der Waals surface area contributed by atoms with Crippen LogP contribution < -0.4 is 0 Å². The van der Waals surface area contributed by atoms with E-state index in [-0.39, 0.29) is 13.2 Å². The van der Waals surface area contributed by atoms with E-state index in [1.54, 1.807) is 0 Å². The molecule has 0 aliphatic carbocycles. The number of hydrogen-bond donors (Lipinski definition) is 12. The predicted molar refractivity (Wildman–Crippen MR) is 131 cm³/mol. The Kier molecular flexibility index (Phi) is 9.94. The summed E-state index contributed by atoms with van der Waals surface area (Å²) in [6.07, 6.45) is -15.6. The Morgan fingerprint density at radius 1 is 0.455 bits per heavy atom. The van der Waals surface area contributed by atoms with Crippen LogP contribution in [-0.4, -0.2) is 211 Å². The highest BCUT2D eigenvalue weighted by atomic mass is 16.9. The van der Waals surface area contributed by atoms with Crippen molar-refractivity contribution in [2.45, 2.75) is 96.4 Å². The highest BCUT2D eigenvalue weighted by Gasteiger charge is 2.69. The van der Waals surface area contributed by atoms with Crippen LogP contribution in [0.3, 0.4) is 0 Å². The average molecular weight is 649 g/mol. The molecule has 0 radical (unpaired) electrons. The molecule has 2 spiro atoms. The fourth-order valence-corrected chi connectivity index (χ4v) is 6.08. The summed E-state index contributed by atoms with van der Waals surface area (Å²) in [6.45, 7) is -3.53. The molecule has 6 aliphatic heterocycles. The summed E-state index contributed by atoms with van der Waals surface area (Å²) in [5, 5.41) is 118. The van der Waals surface area contributed by atoms with Gasteiger partial charge < -0.3 is 99.2 Å². The van der Waals surface area contributed by atoms with Crippen LogP contribution >= 0.6 is 0 Å². The summed E-state index contributed by atoms with van der Waals surface area (Å²) in [6, 6.07) is 0. The van der Waals surface area contributed by atoms with Crippen molar-refractivity contribution < 1.29 is 99.2 Å².